The molecule has 0 saturated heterocycles. The molecule has 2 aromatic rings. The molecule has 124 valence electrons. The number of rotatable bonds is 6. The minimum atomic E-state index is -0.519. The second-order valence-corrected chi connectivity index (χ2v) is 6.32. The molecule has 0 aliphatic carbocycles. The Morgan fingerprint density at radius 1 is 1.26 bits per heavy atom. The number of nitrogens with zero attached hydrogens (tertiary/aromatic N) is 1. The van der Waals surface area contributed by atoms with Crippen LogP contribution in [0, 0.1) is 0 Å². The van der Waals surface area contributed by atoms with Gasteiger partial charge in [0.05, 0.1) is 6.04 Å². The first-order chi connectivity index (χ1) is 10.9. The Bertz CT molecular complexity index is 591. The second-order valence-electron chi connectivity index (χ2n) is 6.32. The molecule has 2 rings (SSSR count). The summed E-state index contributed by atoms with van der Waals surface area (Å²) in [6, 6.07) is 11.6. The summed E-state index contributed by atoms with van der Waals surface area (Å²) in [6.07, 6.45) is 1.29. The number of aromatic nitrogens is 2. The van der Waals surface area contributed by atoms with Crippen LogP contribution in [0.25, 0.3) is 0 Å². The number of nitrogens with one attached hydrogen (secondary N) is 3. The van der Waals surface area contributed by atoms with Crippen molar-refractivity contribution >= 4 is 6.09 Å². The van der Waals surface area contributed by atoms with Crippen LogP contribution in [-0.4, -0.2) is 28.4 Å². The molecule has 1 atom stereocenters. The number of benzene rings is 1. The van der Waals surface area contributed by atoms with Gasteiger partial charge in [-0.2, -0.15) is 5.10 Å². The molecule has 1 aromatic carbocycles. The largest absolute Gasteiger partial charge is 0.444 e. The van der Waals surface area contributed by atoms with Crippen molar-refractivity contribution in [3.8, 4) is 0 Å². The maximum absolute atomic E-state index is 12.1. The summed E-state index contributed by atoms with van der Waals surface area (Å²) in [4.78, 5) is 12.1. The number of carbonyl (C=O) groups excluding carboxylic acids is 1. The molecule has 6 heteroatoms. The topological polar surface area (TPSA) is 79.0 Å². The summed E-state index contributed by atoms with van der Waals surface area (Å²) >= 11 is 0. The Labute approximate surface area is 136 Å². The van der Waals surface area contributed by atoms with E-state index in [-0.39, 0.29) is 6.04 Å². The monoisotopic (exact) mass is 316 g/mol. The highest BCUT2D eigenvalue weighted by molar-refractivity contribution is 5.68. The van der Waals surface area contributed by atoms with Gasteiger partial charge in [-0.25, -0.2) is 4.79 Å². The van der Waals surface area contributed by atoms with Gasteiger partial charge in [0.15, 0.2) is 0 Å². The summed E-state index contributed by atoms with van der Waals surface area (Å²) in [5.41, 5.74) is 1.50. The Morgan fingerprint density at radius 3 is 2.61 bits per heavy atom. The summed E-state index contributed by atoms with van der Waals surface area (Å²) in [6.45, 7) is 6.78. The van der Waals surface area contributed by atoms with E-state index in [1.807, 2.05) is 57.2 Å². The van der Waals surface area contributed by atoms with Gasteiger partial charge in [-0.15, -0.1) is 0 Å². The predicted molar refractivity (Wildman–Crippen MR) is 88.8 cm³/mol. The average Bonchev–Trinajstić information content (AvgIpc) is 2.98. The van der Waals surface area contributed by atoms with Gasteiger partial charge < -0.3 is 15.4 Å². The van der Waals surface area contributed by atoms with E-state index in [4.69, 9.17) is 4.74 Å². The van der Waals surface area contributed by atoms with Crippen molar-refractivity contribution in [1.29, 1.82) is 0 Å². The lowest BCUT2D eigenvalue weighted by Gasteiger charge is -2.24. The molecule has 1 unspecified atom stereocenters. The molecule has 23 heavy (non-hydrogen) atoms. The summed E-state index contributed by atoms with van der Waals surface area (Å²) < 4.78 is 5.35. The molecule has 0 aliphatic rings. The molecule has 1 heterocycles. The molecule has 6 nitrogen and oxygen atoms in total. The lowest BCUT2D eigenvalue weighted by molar-refractivity contribution is 0.0503. The quantitative estimate of drug-likeness (QED) is 0.765. The van der Waals surface area contributed by atoms with Crippen molar-refractivity contribution < 1.29 is 9.53 Å². The van der Waals surface area contributed by atoms with Crippen LogP contribution in [0.15, 0.2) is 42.6 Å². The number of ether oxygens (including phenoxy) is 1. The van der Waals surface area contributed by atoms with E-state index in [1.54, 1.807) is 6.20 Å². The number of hydrogen-bond acceptors (Lipinski definition) is 4. The Morgan fingerprint density at radius 2 is 2.00 bits per heavy atom. The van der Waals surface area contributed by atoms with Gasteiger partial charge in [-0.1, -0.05) is 30.3 Å². The van der Waals surface area contributed by atoms with Gasteiger partial charge in [-0.05, 0) is 32.4 Å². The molecule has 0 aliphatic heterocycles. The second kappa shape index (κ2) is 7.78. The SMILES string of the molecule is CC(C)(C)OC(=O)NC(CNCc1ccn[nH]1)c1ccccc1. The van der Waals surface area contributed by atoms with E-state index in [0.717, 1.165) is 11.3 Å². The smallest absolute Gasteiger partial charge is 0.408 e. The van der Waals surface area contributed by atoms with E-state index in [0.29, 0.717) is 13.1 Å². The van der Waals surface area contributed by atoms with Crippen LogP contribution in [0.1, 0.15) is 38.1 Å². The molecule has 0 saturated carbocycles. The third kappa shape index (κ3) is 6.12. The zero-order chi connectivity index (χ0) is 16.7. The third-order valence-electron chi connectivity index (χ3n) is 3.12. The molecular formula is C17H24N4O2. The molecule has 1 amide bonds. The fourth-order valence-corrected chi connectivity index (χ4v) is 2.12. The molecular weight excluding hydrogens is 292 g/mol. The van der Waals surface area contributed by atoms with Crippen molar-refractivity contribution in [2.45, 2.75) is 39.0 Å². The van der Waals surface area contributed by atoms with Crippen LogP contribution >= 0.6 is 0 Å². The number of aromatic amines is 1. The van der Waals surface area contributed by atoms with E-state index in [2.05, 4.69) is 20.8 Å². The van der Waals surface area contributed by atoms with E-state index < -0.39 is 11.7 Å². The van der Waals surface area contributed by atoms with Gasteiger partial charge in [0.25, 0.3) is 0 Å². The fourth-order valence-electron chi connectivity index (χ4n) is 2.12. The minimum Gasteiger partial charge on any atom is -0.444 e. The van der Waals surface area contributed by atoms with Crippen molar-refractivity contribution in [1.82, 2.24) is 20.8 Å². The maximum Gasteiger partial charge on any atom is 0.408 e. The highest BCUT2D eigenvalue weighted by Gasteiger charge is 2.20. The Balaban J connectivity index is 1.96. The summed E-state index contributed by atoms with van der Waals surface area (Å²) in [5, 5.41) is 13.0. The molecule has 0 bridgehead atoms. The maximum atomic E-state index is 12.1. The number of alkyl carbamates (subject to hydrolysis) is 1. The van der Waals surface area contributed by atoms with Crippen LogP contribution < -0.4 is 10.6 Å². The lowest BCUT2D eigenvalue weighted by atomic mass is 10.1. The zero-order valence-corrected chi connectivity index (χ0v) is 13.8. The van der Waals surface area contributed by atoms with Crippen molar-refractivity contribution in [2.24, 2.45) is 0 Å². The lowest BCUT2D eigenvalue weighted by Crippen LogP contribution is -2.39. The van der Waals surface area contributed by atoms with Gasteiger partial charge in [0, 0.05) is 25.0 Å². The van der Waals surface area contributed by atoms with E-state index in [9.17, 15) is 4.79 Å². The van der Waals surface area contributed by atoms with Crippen LogP contribution in [0.5, 0.6) is 0 Å². The van der Waals surface area contributed by atoms with E-state index >= 15 is 0 Å². The zero-order valence-electron chi connectivity index (χ0n) is 13.8. The molecule has 0 radical (unpaired) electrons. The first-order valence-electron chi connectivity index (χ1n) is 7.67. The van der Waals surface area contributed by atoms with Gasteiger partial charge >= 0.3 is 6.09 Å². The Kier molecular flexibility index (Phi) is 5.76. The van der Waals surface area contributed by atoms with Crippen molar-refractivity contribution in [3.63, 3.8) is 0 Å². The highest BCUT2D eigenvalue weighted by Crippen LogP contribution is 2.14. The number of H-pyrrole nitrogens is 1. The molecule has 0 fully saturated rings. The normalized spacial score (nSPS) is 12.7. The average molecular weight is 316 g/mol. The molecule has 1 aromatic heterocycles. The fraction of sp³-hybridized carbons (Fsp3) is 0.412. The standard InChI is InChI=1S/C17H24N4O2/c1-17(2,3)23-16(22)20-15(13-7-5-4-6-8-13)12-18-11-14-9-10-19-21-14/h4-10,15,18H,11-12H2,1-3H3,(H,19,21)(H,20,22). The minimum absolute atomic E-state index is 0.172. The van der Waals surface area contributed by atoms with Crippen LogP contribution in [0.3, 0.4) is 0 Å². The third-order valence-corrected chi connectivity index (χ3v) is 3.12. The predicted octanol–water partition coefficient (Wildman–Crippen LogP) is 2.77. The van der Waals surface area contributed by atoms with Crippen LogP contribution in [0.4, 0.5) is 4.79 Å². The number of hydrogen-bond donors (Lipinski definition) is 3. The van der Waals surface area contributed by atoms with Gasteiger partial charge in [0.1, 0.15) is 5.60 Å². The first-order valence-corrected chi connectivity index (χ1v) is 7.67. The van der Waals surface area contributed by atoms with Crippen molar-refractivity contribution in [2.75, 3.05) is 6.54 Å². The van der Waals surface area contributed by atoms with Gasteiger partial charge in [-0.3, -0.25) is 5.10 Å². The molecule has 0 spiro atoms. The first kappa shape index (κ1) is 17.0. The van der Waals surface area contributed by atoms with E-state index in [1.165, 1.54) is 0 Å². The highest BCUT2D eigenvalue weighted by atomic mass is 16.6. The van der Waals surface area contributed by atoms with Gasteiger partial charge in [0.2, 0.25) is 0 Å². The van der Waals surface area contributed by atoms with Crippen LogP contribution in [-0.2, 0) is 11.3 Å². The number of carbonyl (C=O) groups is 1. The summed E-state index contributed by atoms with van der Waals surface area (Å²) in [7, 11) is 0. The number of amides is 1. The summed E-state index contributed by atoms with van der Waals surface area (Å²) in [5.74, 6) is 0. The van der Waals surface area contributed by atoms with Crippen LogP contribution in [0.2, 0.25) is 0 Å². The van der Waals surface area contributed by atoms with Crippen molar-refractivity contribution in [3.05, 3.63) is 53.9 Å². The Hall–Kier alpha value is -2.34. The molecule has 3 N–H and O–H groups in total.